The molecule has 1 aromatic heterocycles. The molecule has 146 valence electrons. The highest BCUT2D eigenvalue weighted by molar-refractivity contribution is 5.95. The third kappa shape index (κ3) is 3.20. The molecule has 0 bridgehead atoms. The summed E-state index contributed by atoms with van der Waals surface area (Å²) >= 11 is 0. The lowest BCUT2D eigenvalue weighted by Gasteiger charge is -2.38. The van der Waals surface area contributed by atoms with Gasteiger partial charge in [-0.25, -0.2) is 9.18 Å². The second-order valence-corrected chi connectivity index (χ2v) is 7.16. The number of aromatic nitrogens is 1. The summed E-state index contributed by atoms with van der Waals surface area (Å²) in [5.41, 5.74) is 0.576. The molecule has 6 nitrogen and oxygen atoms in total. The summed E-state index contributed by atoms with van der Waals surface area (Å²) in [4.78, 5) is 25.9. The molecule has 1 saturated heterocycles. The van der Waals surface area contributed by atoms with Crippen LogP contribution in [0.5, 0.6) is 0 Å². The lowest BCUT2D eigenvalue weighted by molar-refractivity contribution is 0.0694. The van der Waals surface area contributed by atoms with Gasteiger partial charge in [0.1, 0.15) is 11.4 Å². The van der Waals surface area contributed by atoms with Gasteiger partial charge < -0.3 is 19.7 Å². The molecule has 27 heavy (non-hydrogen) atoms. The maximum atomic E-state index is 15.0. The molecule has 0 saturated carbocycles. The number of aliphatic hydroxyl groups is 1. The predicted molar refractivity (Wildman–Crippen MR) is 102 cm³/mol. The van der Waals surface area contributed by atoms with E-state index < -0.39 is 17.2 Å². The largest absolute Gasteiger partial charge is 0.477 e. The Morgan fingerprint density at radius 1 is 1.37 bits per heavy atom. The molecular formula is C20H25FN2O4. The number of benzene rings is 1. The number of pyridine rings is 1. The van der Waals surface area contributed by atoms with Crippen LogP contribution in [0, 0.1) is 18.7 Å². The van der Waals surface area contributed by atoms with Gasteiger partial charge in [-0.05, 0) is 38.3 Å². The van der Waals surface area contributed by atoms with E-state index >= 15 is 4.39 Å². The first-order valence-corrected chi connectivity index (χ1v) is 9.32. The molecule has 0 aliphatic carbocycles. The molecular weight excluding hydrogens is 351 g/mol. The number of aryl methyl sites for hydroxylation is 2. The molecule has 0 spiro atoms. The van der Waals surface area contributed by atoms with Gasteiger partial charge in [-0.2, -0.15) is 0 Å². The molecule has 0 amide bonds. The number of carboxylic acids is 1. The maximum absolute atomic E-state index is 15.0. The monoisotopic (exact) mass is 376 g/mol. The van der Waals surface area contributed by atoms with Crippen molar-refractivity contribution >= 4 is 22.6 Å². The molecule has 3 rings (SSSR count). The van der Waals surface area contributed by atoms with Crippen LogP contribution < -0.4 is 10.3 Å². The van der Waals surface area contributed by atoms with Crippen LogP contribution in [-0.2, 0) is 6.54 Å². The molecule has 2 N–H and O–H groups in total. The van der Waals surface area contributed by atoms with Gasteiger partial charge in [0.05, 0.1) is 17.3 Å². The number of fused-ring (bicyclic) bond motifs is 1. The van der Waals surface area contributed by atoms with E-state index in [1.165, 1.54) is 6.20 Å². The molecule has 1 fully saturated rings. The summed E-state index contributed by atoms with van der Waals surface area (Å²) in [5, 5.41) is 19.5. The number of aromatic carboxylic acids is 1. The van der Waals surface area contributed by atoms with Gasteiger partial charge in [0, 0.05) is 37.1 Å². The molecule has 0 radical (unpaired) electrons. The van der Waals surface area contributed by atoms with E-state index in [2.05, 4.69) is 0 Å². The minimum absolute atomic E-state index is 0.0657. The van der Waals surface area contributed by atoms with E-state index in [9.17, 15) is 19.8 Å². The fourth-order valence-corrected chi connectivity index (χ4v) is 4.14. The third-order valence-corrected chi connectivity index (χ3v) is 5.63. The number of rotatable bonds is 4. The van der Waals surface area contributed by atoms with Crippen LogP contribution in [0.2, 0.25) is 0 Å². The zero-order valence-electron chi connectivity index (χ0n) is 15.8. The summed E-state index contributed by atoms with van der Waals surface area (Å²) in [6.07, 6.45) is 2.31. The number of piperidine rings is 1. The van der Waals surface area contributed by atoms with Crippen molar-refractivity contribution in [3.63, 3.8) is 0 Å². The van der Waals surface area contributed by atoms with E-state index in [-0.39, 0.29) is 23.0 Å². The number of aliphatic hydroxyl groups excluding tert-OH is 1. The van der Waals surface area contributed by atoms with Crippen LogP contribution in [-0.4, -0.2) is 39.9 Å². The van der Waals surface area contributed by atoms with Gasteiger partial charge in [-0.15, -0.1) is 0 Å². The molecule has 2 aromatic rings. The number of halogens is 1. The van der Waals surface area contributed by atoms with Gasteiger partial charge in [0.2, 0.25) is 5.43 Å². The van der Waals surface area contributed by atoms with Crippen molar-refractivity contribution in [3.05, 3.63) is 39.4 Å². The standard InChI is InChI=1S/C20H25FN2O4/c1-4-12-9-23(7-6-16(12)24)18-11(3)17-13(8-15(18)21)19(25)14(20(26)27)10-22(17)5-2/h8,10,12,16,24H,4-7,9H2,1-3H3,(H,26,27). The average molecular weight is 376 g/mol. The quantitative estimate of drug-likeness (QED) is 0.857. The van der Waals surface area contributed by atoms with Gasteiger partial charge in [0.25, 0.3) is 0 Å². The fraction of sp³-hybridized carbons (Fsp3) is 0.500. The van der Waals surface area contributed by atoms with Crippen LogP contribution in [0.4, 0.5) is 10.1 Å². The Morgan fingerprint density at radius 3 is 2.67 bits per heavy atom. The van der Waals surface area contributed by atoms with E-state index in [1.54, 1.807) is 11.5 Å². The number of nitrogens with zero attached hydrogens (tertiary/aromatic N) is 2. The Bertz CT molecular complexity index is 953. The number of carbonyl (C=O) groups is 1. The lowest BCUT2D eigenvalue weighted by Crippen LogP contribution is -2.43. The first-order valence-electron chi connectivity index (χ1n) is 9.32. The van der Waals surface area contributed by atoms with E-state index in [0.717, 1.165) is 12.5 Å². The third-order valence-electron chi connectivity index (χ3n) is 5.63. The Hall–Kier alpha value is -2.41. The van der Waals surface area contributed by atoms with Crippen LogP contribution in [0.15, 0.2) is 17.1 Å². The van der Waals surface area contributed by atoms with Crippen molar-refractivity contribution in [2.24, 2.45) is 5.92 Å². The molecule has 2 heterocycles. The minimum atomic E-state index is -1.32. The Balaban J connectivity index is 2.24. The molecule has 2 atom stereocenters. The van der Waals surface area contributed by atoms with E-state index in [1.807, 2.05) is 18.7 Å². The van der Waals surface area contributed by atoms with E-state index in [4.69, 9.17) is 0 Å². The first-order chi connectivity index (χ1) is 12.8. The Morgan fingerprint density at radius 2 is 2.07 bits per heavy atom. The molecule has 1 aliphatic heterocycles. The smallest absolute Gasteiger partial charge is 0.341 e. The fourth-order valence-electron chi connectivity index (χ4n) is 4.14. The topological polar surface area (TPSA) is 82.8 Å². The van der Waals surface area contributed by atoms with Crippen molar-refractivity contribution in [2.75, 3.05) is 18.0 Å². The zero-order valence-corrected chi connectivity index (χ0v) is 15.8. The van der Waals surface area contributed by atoms with Gasteiger partial charge >= 0.3 is 5.97 Å². The van der Waals surface area contributed by atoms with Gasteiger partial charge in [0.15, 0.2) is 0 Å². The summed E-state index contributed by atoms with van der Waals surface area (Å²) in [6.45, 7) is 7.15. The average Bonchev–Trinajstić information content (AvgIpc) is 2.63. The molecule has 1 aliphatic rings. The predicted octanol–water partition coefficient (Wildman–Crippen LogP) is 2.76. The molecule has 2 unspecified atom stereocenters. The minimum Gasteiger partial charge on any atom is -0.477 e. The van der Waals surface area contributed by atoms with Crippen molar-refractivity contribution in [1.29, 1.82) is 0 Å². The zero-order chi connectivity index (χ0) is 19.9. The van der Waals surface area contributed by atoms with Crippen molar-refractivity contribution in [2.45, 2.75) is 46.3 Å². The van der Waals surface area contributed by atoms with Crippen LogP contribution in [0.1, 0.15) is 42.6 Å². The number of anilines is 1. The highest BCUT2D eigenvalue weighted by Crippen LogP contribution is 2.34. The molecule has 1 aromatic carbocycles. The van der Waals surface area contributed by atoms with Crippen LogP contribution in [0.3, 0.4) is 0 Å². The van der Waals surface area contributed by atoms with E-state index in [0.29, 0.717) is 42.8 Å². The lowest BCUT2D eigenvalue weighted by atomic mass is 9.91. The summed E-state index contributed by atoms with van der Waals surface area (Å²) in [5.74, 6) is -1.79. The second-order valence-electron chi connectivity index (χ2n) is 7.16. The normalized spacial score (nSPS) is 20.3. The maximum Gasteiger partial charge on any atom is 0.341 e. The SMILES string of the molecule is CCC1CN(c2c(F)cc3c(=O)c(C(=O)O)cn(CC)c3c2C)CCC1O. The van der Waals surface area contributed by atoms with Crippen molar-refractivity contribution in [1.82, 2.24) is 4.57 Å². The molecule has 7 heteroatoms. The highest BCUT2D eigenvalue weighted by Gasteiger charge is 2.30. The Labute approximate surface area is 156 Å². The summed E-state index contributed by atoms with van der Waals surface area (Å²) in [6, 6.07) is 1.16. The Kier molecular flexibility index (Phi) is 5.24. The van der Waals surface area contributed by atoms with Gasteiger partial charge in [-0.1, -0.05) is 6.92 Å². The summed E-state index contributed by atoms with van der Waals surface area (Å²) < 4.78 is 16.7. The summed E-state index contributed by atoms with van der Waals surface area (Å²) in [7, 11) is 0. The van der Waals surface area contributed by atoms with Gasteiger partial charge in [-0.3, -0.25) is 4.79 Å². The van der Waals surface area contributed by atoms with Crippen LogP contribution >= 0.6 is 0 Å². The number of hydrogen-bond acceptors (Lipinski definition) is 4. The second kappa shape index (κ2) is 7.31. The van der Waals surface area contributed by atoms with Crippen molar-refractivity contribution in [3.8, 4) is 0 Å². The number of hydrogen-bond donors (Lipinski definition) is 2. The number of carboxylic acid groups (broad SMARTS) is 1. The van der Waals surface area contributed by atoms with Crippen LogP contribution in [0.25, 0.3) is 10.9 Å². The van der Waals surface area contributed by atoms with Crippen molar-refractivity contribution < 1.29 is 19.4 Å². The first kappa shape index (κ1) is 19.4. The highest BCUT2D eigenvalue weighted by atomic mass is 19.1.